The van der Waals surface area contributed by atoms with Gasteiger partial charge in [-0.15, -0.1) is 0 Å². The van der Waals surface area contributed by atoms with Gasteiger partial charge in [0.1, 0.15) is 11.5 Å². The number of halogens is 1. The first-order chi connectivity index (χ1) is 12.8. The Hall–Kier alpha value is -1.22. The van der Waals surface area contributed by atoms with Gasteiger partial charge in [-0.25, -0.2) is 0 Å². The Bertz CT molecular complexity index is 641. The van der Waals surface area contributed by atoms with E-state index in [1.165, 1.54) is 38.5 Å². The smallest absolute Gasteiger partial charge is 0.127 e. The summed E-state index contributed by atoms with van der Waals surface area (Å²) in [7, 11) is 0. The van der Waals surface area contributed by atoms with Gasteiger partial charge in [-0.2, -0.15) is 0 Å². The van der Waals surface area contributed by atoms with Crippen molar-refractivity contribution in [1.82, 2.24) is 0 Å². The number of fused-ring (bicyclic) bond motifs is 1. The highest BCUT2D eigenvalue weighted by atomic mass is 79.9. The van der Waals surface area contributed by atoms with Gasteiger partial charge < -0.3 is 9.47 Å². The molecule has 144 valence electrons. The summed E-state index contributed by atoms with van der Waals surface area (Å²) in [6.45, 7) is 6.00. The first-order valence-electron chi connectivity index (χ1n) is 10.2. The maximum Gasteiger partial charge on any atom is 0.127 e. The van der Waals surface area contributed by atoms with Crippen LogP contribution in [0.15, 0.2) is 36.4 Å². The zero-order chi connectivity index (χ0) is 18.6. The van der Waals surface area contributed by atoms with Gasteiger partial charge in [-0.05, 0) is 44.2 Å². The van der Waals surface area contributed by atoms with Crippen molar-refractivity contribution in [2.75, 3.05) is 13.2 Å². The standard InChI is InChI=1S/C23H33BrO2/c1-3-5-6-10-17-25-22-15-16-23(21-14-8-7-13-20(21)22)26-18-11-9-12-19(24)4-2/h7-8,13-16,19H,3-6,9-12,17-18H2,1-2H3. The lowest BCUT2D eigenvalue weighted by molar-refractivity contribution is 0.302. The summed E-state index contributed by atoms with van der Waals surface area (Å²) in [5.74, 6) is 1.93. The molecule has 3 heteroatoms. The number of unbranched alkanes of at least 4 members (excludes halogenated alkanes) is 4. The maximum atomic E-state index is 6.08. The highest BCUT2D eigenvalue weighted by molar-refractivity contribution is 9.09. The average molecular weight is 421 g/mol. The molecular formula is C23H33BrO2. The quantitative estimate of drug-likeness (QED) is 0.246. The highest BCUT2D eigenvalue weighted by Crippen LogP contribution is 2.33. The SMILES string of the molecule is CCCCCCOc1ccc(OCCCCC(Br)CC)c2ccccc12. The summed E-state index contributed by atoms with van der Waals surface area (Å²) in [6, 6.07) is 12.5. The van der Waals surface area contributed by atoms with Crippen molar-refractivity contribution >= 4 is 26.7 Å². The Labute approximate surface area is 167 Å². The lowest BCUT2D eigenvalue weighted by Gasteiger charge is -2.14. The van der Waals surface area contributed by atoms with Crippen LogP contribution in [0, 0.1) is 0 Å². The van der Waals surface area contributed by atoms with E-state index in [-0.39, 0.29) is 0 Å². The fourth-order valence-electron chi connectivity index (χ4n) is 3.06. The van der Waals surface area contributed by atoms with Gasteiger partial charge in [0.05, 0.1) is 13.2 Å². The molecule has 0 saturated heterocycles. The van der Waals surface area contributed by atoms with E-state index in [9.17, 15) is 0 Å². The van der Waals surface area contributed by atoms with E-state index in [1.54, 1.807) is 0 Å². The Morgan fingerprint density at radius 2 is 1.35 bits per heavy atom. The molecule has 0 saturated carbocycles. The van der Waals surface area contributed by atoms with Crippen LogP contribution >= 0.6 is 15.9 Å². The van der Waals surface area contributed by atoms with Gasteiger partial charge in [0.25, 0.3) is 0 Å². The molecule has 0 aliphatic carbocycles. The molecule has 0 radical (unpaired) electrons. The predicted octanol–water partition coefficient (Wildman–Crippen LogP) is 7.52. The average Bonchev–Trinajstić information content (AvgIpc) is 2.68. The van der Waals surface area contributed by atoms with Crippen LogP contribution in [0.1, 0.15) is 65.2 Å². The first kappa shape index (κ1) is 21.1. The number of alkyl halides is 1. The van der Waals surface area contributed by atoms with E-state index < -0.39 is 0 Å². The van der Waals surface area contributed by atoms with E-state index in [1.807, 2.05) is 0 Å². The Morgan fingerprint density at radius 3 is 1.88 bits per heavy atom. The third kappa shape index (κ3) is 6.83. The predicted molar refractivity (Wildman–Crippen MR) is 116 cm³/mol. The largest absolute Gasteiger partial charge is 0.493 e. The molecular weight excluding hydrogens is 388 g/mol. The Kier molecular flexibility index (Phi) is 9.91. The third-order valence-electron chi connectivity index (χ3n) is 4.71. The zero-order valence-corrected chi connectivity index (χ0v) is 17.9. The van der Waals surface area contributed by atoms with Crippen molar-refractivity contribution in [2.45, 2.75) is 70.0 Å². The first-order valence-corrected chi connectivity index (χ1v) is 11.1. The number of hydrogen-bond donors (Lipinski definition) is 0. The van der Waals surface area contributed by atoms with Crippen molar-refractivity contribution in [2.24, 2.45) is 0 Å². The minimum absolute atomic E-state index is 0.636. The molecule has 0 fully saturated rings. The van der Waals surface area contributed by atoms with Crippen molar-refractivity contribution in [1.29, 1.82) is 0 Å². The molecule has 0 N–H and O–H groups in total. The number of ether oxygens (including phenoxy) is 2. The van der Waals surface area contributed by atoms with Crippen LogP contribution in [0.4, 0.5) is 0 Å². The molecule has 26 heavy (non-hydrogen) atoms. The third-order valence-corrected chi connectivity index (χ3v) is 5.82. The number of hydrogen-bond acceptors (Lipinski definition) is 2. The molecule has 1 atom stereocenters. The van der Waals surface area contributed by atoms with Crippen LogP contribution in [0.3, 0.4) is 0 Å². The monoisotopic (exact) mass is 420 g/mol. The molecule has 0 aliphatic rings. The molecule has 2 rings (SSSR count). The van der Waals surface area contributed by atoms with Crippen molar-refractivity contribution in [3.8, 4) is 11.5 Å². The lowest BCUT2D eigenvalue weighted by atomic mass is 10.1. The zero-order valence-electron chi connectivity index (χ0n) is 16.3. The summed E-state index contributed by atoms with van der Waals surface area (Å²) in [6.07, 6.45) is 9.58. The minimum Gasteiger partial charge on any atom is -0.493 e. The molecule has 2 aromatic rings. The molecule has 0 heterocycles. The summed E-state index contributed by atoms with van der Waals surface area (Å²) in [5, 5.41) is 2.29. The van der Waals surface area contributed by atoms with Gasteiger partial charge in [0.2, 0.25) is 0 Å². The van der Waals surface area contributed by atoms with E-state index in [2.05, 4.69) is 66.2 Å². The van der Waals surface area contributed by atoms with E-state index in [0.717, 1.165) is 48.3 Å². The molecule has 2 nitrogen and oxygen atoms in total. The summed E-state index contributed by atoms with van der Waals surface area (Å²) >= 11 is 3.69. The maximum absolute atomic E-state index is 6.08. The van der Waals surface area contributed by atoms with Crippen LogP contribution in [0.5, 0.6) is 11.5 Å². The molecule has 0 aromatic heterocycles. The topological polar surface area (TPSA) is 18.5 Å². The molecule has 0 spiro atoms. The lowest BCUT2D eigenvalue weighted by Crippen LogP contribution is -2.02. The molecule has 2 aromatic carbocycles. The Morgan fingerprint density at radius 1 is 0.769 bits per heavy atom. The summed E-state index contributed by atoms with van der Waals surface area (Å²) < 4.78 is 12.1. The van der Waals surface area contributed by atoms with Gasteiger partial charge in [0, 0.05) is 15.6 Å². The van der Waals surface area contributed by atoms with Crippen LogP contribution in [0.2, 0.25) is 0 Å². The van der Waals surface area contributed by atoms with Crippen molar-refractivity contribution in [3.05, 3.63) is 36.4 Å². The van der Waals surface area contributed by atoms with Crippen LogP contribution < -0.4 is 9.47 Å². The highest BCUT2D eigenvalue weighted by Gasteiger charge is 2.08. The molecule has 1 unspecified atom stereocenters. The normalized spacial score (nSPS) is 12.3. The number of rotatable bonds is 13. The Balaban J connectivity index is 1.91. The van der Waals surface area contributed by atoms with E-state index in [4.69, 9.17) is 9.47 Å². The van der Waals surface area contributed by atoms with Crippen LogP contribution in [-0.2, 0) is 0 Å². The molecule has 0 bridgehead atoms. The van der Waals surface area contributed by atoms with Gasteiger partial charge in [-0.1, -0.05) is 73.3 Å². The fraction of sp³-hybridized carbons (Fsp3) is 0.565. The van der Waals surface area contributed by atoms with Crippen molar-refractivity contribution in [3.63, 3.8) is 0 Å². The summed E-state index contributed by atoms with van der Waals surface area (Å²) in [4.78, 5) is 0.636. The summed E-state index contributed by atoms with van der Waals surface area (Å²) in [5.41, 5.74) is 0. The second-order valence-electron chi connectivity index (χ2n) is 6.87. The van der Waals surface area contributed by atoms with E-state index in [0.29, 0.717) is 4.83 Å². The minimum atomic E-state index is 0.636. The fourth-order valence-corrected chi connectivity index (χ4v) is 3.38. The molecule has 0 aliphatic heterocycles. The van der Waals surface area contributed by atoms with Gasteiger partial charge in [0.15, 0.2) is 0 Å². The van der Waals surface area contributed by atoms with Crippen LogP contribution in [-0.4, -0.2) is 18.0 Å². The van der Waals surface area contributed by atoms with Crippen molar-refractivity contribution < 1.29 is 9.47 Å². The molecule has 0 amide bonds. The van der Waals surface area contributed by atoms with Gasteiger partial charge in [-0.3, -0.25) is 0 Å². The number of benzene rings is 2. The second kappa shape index (κ2) is 12.2. The second-order valence-corrected chi connectivity index (χ2v) is 8.16. The van der Waals surface area contributed by atoms with Gasteiger partial charge >= 0.3 is 0 Å². The van der Waals surface area contributed by atoms with E-state index >= 15 is 0 Å². The van der Waals surface area contributed by atoms with Crippen LogP contribution in [0.25, 0.3) is 10.8 Å².